The summed E-state index contributed by atoms with van der Waals surface area (Å²) in [6.45, 7) is 4.73. The molecule has 2 atom stereocenters. The van der Waals surface area contributed by atoms with E-state index in [9.17, 15) is 4.79 Å². The zero-order valence-electron chi connectivity index (χ0n) is 10.9. The lowest BCUT2D eigenvalue weighted by molar-refractivity contribution is -0.127. The molecule has 0 aliphatic heterocycles. The van der Waals surface area contributed by atoms with Crippen LogP contribution in [0.15, 0.2) is 0 Å². The molecule has 1 aliphatic carbocycles. The van der Waals surface area contributed by atoms with Crippen LogP contribution in [0.4, 0.5) is 0 Å². The van der Waals surface area contributed by atoms with E-state index in [0.717, 1.165) is 0 Å². The van der Waals surface area contributed by atoms with Gasteiger partial charge in [-0.2, -0.15) is 0 Å². The first kappa shape index (κ1) is 13.5. The number of hydrogen-bond acceptors (Lipinski definition) is 3. The van der Waals surface area contributed by atoms with Crippen molar-refractivity contribution in [1.82, 2.24) is 10.2 Å². The molecule has 0 spiro atoms. The minimum Gasteiger partial charge on any atom is -0.353 e. The quantitative estimate of drug-likeness (QED) is 0.691. The molecule has 0 radical (unpaired) electrons. The fourth-order valence-electron chi connectivity index (χ4n) is 2.15. The highest BCUT2D eigenvalue weighted by molar-refractivity contribution is 5.81. The number of likely N-dealkylation sites (N-methyl/N-ethyl adjacent to an activating group) is 1. The Hall–Kier alpha value is -0.610. The third-order valence-corrected chi connectivity index (χ3v) is 3.20. The normalized spacial score (nSPS) is 19.9. The van der Waals surface area contributed by atoms with Gasteiger partial charge in [-0.05, 0) is 38.8 Å². The zero-order valence-corrected chi connectivity index (χ0v) is 10.9. The van der Waals surface area contributed by atoms with Crippen LogP contribution in [0.3, 0.4) is 0 Å². The van der Waals surface area contributed by atoms with Gasteiger partial charge in [0.25, 0.3) is 0 Å². The lowest BCUT2D eigenvalue weighted by atomic mass is 10.0. The predicted molar refractivity (Wildman–Crippen MR) is 66.0 cm³/mol. The van der Waals surface area contributed by atoms with E-state index in [-0.39, 0.29) is 18.0 Å². The predicted octanol–water partition coefficient (Wildman–Crippen LogP) is 0.426. The van der Waals surface area contributed by atoms with Gasteiger partial charge in [0, 0.05) is 12.6 Å². The smallest absolute Gasteiger partial charge is 0.237 e. The van der Waals surface area contributed by atoms with E-state index >= 15 is 0 Å². The number of carbonyl (C=O) groups excluding carboxylic acids is 1. The van der Waals surface area contributed by atoms with Crippen molar-refractivity contribution in [3.8, 4) is 0 Å². The first-order valence-electron chi connectivity index (χ1n) is 6.13. The summed E-state index contributed by atoms with van der Waals surface area (Å²) < 4.78 is 0. The van der Waals surface area contributed by atoms with Crippen LogP contribution in [-0.2, 0) is 4.79 Å². The van der Waals surface area contributed by atoms with Gasteiger partial charge in [-0.1, -0.05) is 13.8 Å². The Balaban J connectivity index is 2.36. The Kier molecular flexibility index (Phi) is 4.74. The molecule has 0 bridgehead atoms. The second-order valence-electron chi connectivity index (χ2n) is 5.40. The second kappa shape index (κ2) is 5.64. The highest BCUT2D eigenvalue weighted by Gasteiger charge is 2.30. The monoisotopic (exact) mass is 227 g/mol. The van der Waals surface area contributed by atoms with E-state index in [0.29, 0.717) is 18.4 Å². The number of carbonyl (C=O) groups is 1. The molecule has 3 N–H and O–H groups in total. The fourth-order valence-corrected chi connectivity index (χ4v) is 2.15. The number of nitrogens with two attached hydrogens (primary N) is 1. The van der Waals surface area contributed by atoms with Crippen LogP contribution in [0, 0.1) is 11.8 Å². The maximum Gasteiger partial charge on any atom is 0.237 e. The largest absolute Gasteiger partial charge is 0.353 e. The van der Waals surface area contributed by atoms with Crippen LogP contribution >= 0.6 is 0 Å². The van der Waals surface area contributed by atoms with E-state index in [1.807, 2.05) is 19.0 Å². The van der Waals surface area contributed by atoms with Gasteiger partial charge in [0.2, 0.25) is 5.91 Å². The molecule has 0 saturated heterocycles. The van der Waals surface area contributed by atoms with Crippen molar-refractivity contribution in [2.45, 2.75) is 38.8 Å². The van der Waals surface area contributed by atoms with Crippen LogP contribution in [-0.4, -0.2) is 43.5 Å². The molecule has 2 unspecified atom stereocenters. The third-order valence-electron chi connectivity index (χ3n) is 3.20. The molecule has 4 nitrogen and oxygen atoms in total. The van der Waals surface area contributed by atoms with Gasteiger partial charge in [0.15, 0.2) is 0 Å². The maximum absolute atomic E-state index is 12.0. The Morgan fingerprint density at radius 1 is 1.44 bits per heavy atom. The SMILES string of the molecule is CC(C)C(C(=O)NCC(N)C1CC1)N(C)C. The van der Waals surface area contributed by atoms with Crippen molar-refractivity contribution in [1.29, 1.82) is 0 Å². The summed E-state index contributed by atoms with van der Waals surface area (Å²) in [4.78, 5) is 13.9. The van der Waals surface area contributed by atoms with Gasteiger partial charge >= 0.3 is 0 Å². The molecule has 16 heavy (non-hydrogen) atoms. The molecule has 0 aromatic carbocycles. The van der Waals surface area contributed by atoms with Crippen LogP contribution in [0.1, 0.15) is 26.7 Å². The van der Waals surface area contributed by atoms with Crippen molar-refractivity contribution in [2.24, 2.45) is 17.6 Å². The molecule has 0 aromatic rings. The molecular formula is C12H25N3O. The van der Waals surface area contributed by atoms with Crippen molar-refractivity contribution >= 4 is 5.91 Å². The first-order valence-corrected chi connectivity index (χ1v) is 6.13. The van der Waals surface area contributed by atoms with Crippen LogP contribution in [0.5, 0.6) is 0 Å². The van der Waals surface area contributed by atoms with E-state index in [1.165, 1.54) is 12.8 Å². The molecule has 0 aromatic heterocycles. The lowest BCUT2D eigenvalue weighted by Gasteiger charge is -2.27. The van der Waals surface area contributed by atoms with E-state index in [1.54, 1.807) is 0 Å². The number of nitrogens with one attached hydrogen (secondary N) is 1. The van der Waals surface area contributed by atoms with Gasteiger partial charge in [-0.25, -0.2) is 0 Å². The zero-order chi connectivity index (χ0) is 12.3. The highest BCUT2D eigenvalue weighted by Crippen LogP contribution is 2.31. The third kappa shape index (κ3) is 3.76. The average Bonchev–Trinajstić information content (AvgIpc) is 2.95. The topological polar surface area (TPSA) is 58.4 Å². The van der Waals surface area contributed by atoms with E-state index in [4.69, 9.17) is 5.73 Å². The summed E-state index contributed by atoms with van der Waals surface area (Å²) in [5.41, 5.74) is 5.95. The summed E-state index contributed by atoms with van der Waals surface area (Å²) in [7, 11) is 3.87. The fraction of sp³-hybridized carbons (Fsp3) is 0.917. The molecule has 1 aliphatic rings. The Morgan fingerprint density at radius 2 is 2.00 bits per heavy atom. The molecule has 0 heterocycles. The molecular weight excluding hydrogens is 202 g/mol. The summed E-state index contributed by atoms with van der Waals surface area (Å²) in [5.74, 6) is 1.04. The second-order valence-corrected chi connectivity index (χ2v) is 5.40. The van der Waals surface area contributed by atoms with Crippen molar-refractivity contribution in [2.75, 3.05) is 20.6 Å². The minimum atomic E-state index is -0.0635. The number of amides is 1. The molecule has 1 fully saturated rings. The van der Waals surface area contributed by atoms with E-state index in [2.05, 4.69) is 19.2 Å². The highest BCUT2D eigenvalue weighted by atomic mass is 16.2. The standard InChI is InChI=1S/C12H25N3O/c1-8(2)11(15(3)4)12(16)14-7-10(13)9-5-6-9/h8-11H,5-7,13H2,1-4H3,(H,14,16). The molecule has 1 rings (SSSR count). The van der Waals surface area contributed by atoms with Gasteiger partial charge < -0.3 is 11.1 Å². The first-order chi connectivity index (χ1) is 7.43. The Morgan fingerprint density at radius 3 is 2.38 bits per heavy atom. The van der Waals surface area contributed by atoms with Crippen molar-refractivity contribution in [3.05, 3.63) is 0 Å². The lowest BCUT2D eigenvalue weighted by Crippen LogP contribution is -2.49. The van der Waals surface area contributed by atoms with Gasteiger partial charge in [0.05, 0.1) is 6.04 Å². The number of rotatable bonds is 6. The summed E-state index contributed by atoms with van der Waals surface area (Å²) in [6, 6.07) is 0.0744. The van der Waals surface area contributed by atoms with E-state index < -0.39 is 0 Å². The van der Waals surface area contributed by atoms with Crippen molar-refractivity contribution < 1.29 is 4.79 Å². The van der Waals surface area contributed by atoms with Gasteiger partial charge in [-0.3, -0.25) is 9.69 Å². The summed E-state index contributed by atoms with van der Waals surface area (Å²) in [5, 5.41) is 2.96. The van der Waals surface area contributed by atoms with Crippen LogP contribution in [0.25, 0.3) is 0 Å². The minimum absolute atomic E-state index is 0.0635. The van der Waals surface area contributed by atoms with Gasteiger partial charge in [0.1, 0.15) is 0 Å². The van der Waals surface area contributed by atoms with Crippen LogP contribution < -0.4 is 11.1 Å². The van der Waals surface area contributed by atoms with Crippen molar-refractivity contribution in [3.63, 3.8) is 0 Å². The summed E-state index contributed by atoms with van der Waals surface area (Å²) in [6.07, 6.45) is 2.44. The molecule has 1 saturated carbocycles. The Bertz CT molecular complexity index is 228. The molecule has 94 valence electrons. The average molecular weight is 227 g/mol. The van der Waals surface area contributed by atoms with Crippen LogP contribution in [0.2, 0.25) is 0 Å². The summed E-state index contributed by atoms with van der Waals surface area (Å²) >= 11 is 0. The number of hydrogen-bond donors (Lipinski definition) is 2. The van der Waals surface area contributed by atoms with Gasteiger partial charge in [-0.15, -0.1) is 0 Å². The Labute approximate surface area is 98.6 Å². The maximum atomic E-state index is 12.0. The molecule has 4 heteroatoms. The number of nitrogens with zero attached hydrogens (tertiary/aromatic N) is 1. The molecule has 1 amide bonds.